The summed E-state index contributed by atoms with van der Waals surface area (Å²) in [6.45, 7) is 0.385. The van der Waals surface area contributed by atoms with Gasteiger partial charge in [-0.2, -0.15) is 4.57 Å². The van der Waals surface area contributed by atoms with E-state index in [4.69, 9.17) is 5.73 Å². The molecule has 1 amide bonds. The van der Waals surface area contributed by atoms with Crippen LogP contribution in [0.5, 0.6) is 5.75 Å². The number of hydrogen-bond acceptors (Lipinski definition) is 3. The van der Waals surface area contributed by atoms with Gasteiger partial charge in [-0.05, 0) is 54.3 Å². The lowest BCUT2D eigenvalue weighted by Crippen LogP contribution is -2.52. The molecule has 0 aliphatic heterocycles. The normalized spacial score (nSPS) is 11.2. The summed E-state index contributed by atoms with van der Waals surface area (Å²) < 4.78 is 54.9. The predicted molar refractivity (Wildman–Crippen MR) is 107 cm³/mol. The van der Waals surface area contributed by atoms with Crippen LogP contribution in [0.1, 0.15) is 12.0 Å². The third-order valence-corrected chi connectivity index (χ3v) is 4.45. The van der Waals surface area contributed by atoms with Gasteiger partial charge in [0.05, 0.1) is 12.7 Å². The highest BCUT2D eigenvalue weighted by atomic mass is 19.4. The summed E-state index contributed by atoms with van der Waals surface area (Å²) in [5, 5.41) is 2.76. The second kappa shape index (κ2) is 9.46. The smallest absolute Gasteiger partial charge is 0.406 e. The number of nitrogens with zero attached hydrogens (tertiary/aromatic N) is 1. The van der Waals surface area contributed by atoms with Gasteiger partial charge in [0.15, 0.2) is 0 Å². The summed E-state index contributed by atoms with van der Waals surface area (Å²) in [6.07, 6.45) is -1.93. The van der Waals surface area contributed by atoms with E-state index in [1.54, 1.807) is 18.2 Å². The maximum Gasteiger partial charge on any atom is 0.573 e. The molecule has 1 aromatic heterocycles. The molecule has 3 aromatic rings. The van der Waals surface area contributed by atoms with Gasteiger partial charge >= 0.3 is 12.4 Å². The first-order valence-electron chi connectivity index (χ1n) is 9.41. The molecular weight excluding hydrogens is 414 g/mol. The SMILES string of the molecule is Nc1ccc(-c2ccc(OC(F)(F)F)cc2)c[n+]1C(=O)NCCCc1ccc(F)cc1. The molecule has 162 valence electrons. The summed E-state index contributed by atoms with van der Waals surface area (Å²) in [5.41, 5.74) is 8.04. The van der Waals surface area contributed by atoms with Gasteiger partial charge in [-0.1, -0.05) is 24.3 Å². The molecule has 0 atom stereocenters. The van der Waals surface area contributed by atoms with Crippen LogP contribution in [-0.4, -0.2) is 18.9 Å². The number of amides is 1. The van der Waals surface area contributed by atoms with Crippen molar-refractivity contribution in [2.24, 2.45) is 0 Å². The van der Waals surface area contributed by atoms with Crippen LogP contribution >= 0.6 is 0 Å². The average Bonchev–Trinajstić information content (AvgIpc) is 2.72. The van der Waals surface area contributed by atoms with Crippen molar-refractivity contribution in [2.75, 3.05) is 12.3 Å². The molecule has 3 N–H and O–H groups in total. The van der Waals surface area contributed by atoms with E-state index in [2.05, 4.69) is 10.1 Å². The molecule has 0 aliphatic rings. The van der Waals surface area contributed by atoms with Gasteiger partial charge in [-0.3, -0.25) is 5.32 Å². The number of rotatable bonds is 6. The van der Waals surface area contributed by atoms with Crippen LogP contribution in [0.2, 0.25) is 0 Å². The molecule has 0 radical (unpaired) electrons. The molecular formula is C22H20F4N3O2+. The maximum absolute atomic E-state index is 12.9. The van der Waals surface area contributed by atoms with Crippen LogP contribution in [0, 0.1) is 5.82 Å². The fourth-order valence-electron chi connectivity index (χ4n) is 2.93. The van der Waals surface area contributed by atoms with Crippen LogP contribution in [0.15, 0.2) is 66.9 Å². The van der Waals surface area contributed by atoms with Crippen LogP contribution in [-0.2, 0) is 6.42 Å². The first-order valence-corrected chi connectivity index (χ1v) is 9.41. The Balaban J connectivity index is 1.62. The second-order valence-electron chi connectivity index (χ2n) is 6.75. The molecule has 0 saturated heterocycles. The number of nitrogens with two attached hydrogens (primary N) is 1. The largest absolute Gasteiger partial charge is 0.573 e. The summed E-state index contributed by atoms with van der Waals surface area (Å²) >= 11 is 0. The summed E-state index contributed by atoms with van der Waals surface area (Å²) in [4.78, 5) is 12.5. The maximum atomic E-state index is 12.9. The lowest BCUT2D eigenvalue weighted by Gasteiger charge is -2.10. The minimum absolute atomic E-state index is 0.205. The number of nitrogens with one attached hydrogen (secondary N) is 1. The van der Waals surface area contributed by atoms with E-state index in [1.165, 1.54) is 53.2 Å². The number of aryl methyl sites for hydroxylation is 1. The molecule has 0 spiro atoms. The number of carbonyl (C=O) groups is 1. The van der Waals surface area contributed by atoms with Crippen molar-refractivity contribution in [3.05, 3.63) is 78.2 Å². The van der Waals surface area contributed by atoms with Crippen LogP contribution < -0.4 is 20.4 Å². The van der Waals surface area contributed by atoms with E-state index in [0.29, 0.717) is 30.5 Å². The number of anilines is 1. The highest BCUT2D eigenvalue weighted by Gasteiger charge is 2.31. The zero-order valence-electron chi connectivity index (χ0n) is 16.3. The fraction of sp³-hybridized carbons (Fsp3) is 0.182. The Bertz CT molecular complexity index is 1040. The Hall–Kier alpha value is -3.62. The minimum atomic E-state index is -4.76. The Kier molecular flexibility index (Phi) is 6.74. The first-order chi connectivity index (χ1) is 14.7. The van der Waals surface area contributed by atoms with Gasteiger partial charge in [0.1, 0.15) is 11.6 Å². The molecule has 0 aliphatic carbocycles. The number of aromatic nitrogens is 1. The first kappa shape index (κ1) is 22.1. The predicted octanol–water partition coefficient (Wildman–Crippen LogP) is 4.45. The number of benzene rings is 2. The van der Waals surface area contributed by atoms with Gasteiger partial charge in [-0.15, -0.1) is 13.2 Å². The molecule has 0 unspecified atom stereocenters. The third kappa shape index (κ3) is 6.43. The van der Waals surface area contributed by atoms with E-state index in [9.17, 15) is 22.4 Å². The lowest BCUT2D eigenvalue weighted by atomic mass is 10.1. The monoisotopic (exact) mass is 434 g/mol. The number of carbonyl (C=O) groups excluding carboxylic acids is 1. The summed E-state index contributed by atoms with van der Waals surface area (Å²) in [5.74, 6) is -0.429. The molecule has 5 nitrogen and oxygen atoms in total. The summed E-state index contributed by atoms with van der Waals surface area (Å²) in [6, 6.07) is 14.2. The number of nitrogen functional groups attached to an aromatic ring is 1. The standard InChI is InChI=1S/C22H19F4N3O2/c23-18-8-3-15(4-9-18)2-1-13-28-21(30)29-14-17(7-12-20(29)27)16-5-10-19(11-6-16)31-22(24,25)26/h3-12,14,27H,1-2,13H2,(H,28,30)/p+1. The average molecular weight is 434 g/mol. The minimum Gasteiger partial charge on any atom is -0.406 e. The van der Waals surface area contributed by atoms with Gasteiger partial charge in [0.25, 0.3) is 0 Å². The van der Waals surface area contributed by atoms with Gasteiger partial charge < -0.3 is 10.5 Å². The zero-order chi connectivity index (χ0) is 22.4. The van der Waals surface area contributed by atoms with Crippen LogP contribution in [0.4, 0.5) is 28.2 Å². The highest BCUT2D eigenvalue weighted by molar-refractivity contribution is 5.69. The molecule has 1 heterocycles. The van der Waals surface area contributed by atoms with Crippen molar-refractivity contribution in [1.82, 2.24) is 5.32 Å². The number of alkyl halides is 3. The Morgan fingerprint density at radius 2 is 1.61 bits per heavy atom. The van der Waals surface area contributed by atoms with E-state index in [1.807, 2.05) is 0 Å². The number of ether oxygens (including phenoxy) is 1. The lowest BCUT2D eigenvalue weighted by molar-refractivity contribution is -0.556. The van der Waals surface area contributed by atoms with Crippen LogP contribution in [0.3, 0.4) is 0 Å². The van der Waals surface area contributed by atoms with E-state index >= 15 is 0 Å². The number of halogens is 4. The molecule has 3 rings (SSSR count). The van der Waals surface area contributed by atoms with Crippen molar-refractivity contribution in [3.8, 4) is 16.9 Å². The number of pyridine rings is 1. The van der Waals surface area contributed by atoms with E-state index in [0.717, 1.165) is 5.56 Å². The van der Waals surface area contributed by atoms with Crippen molar-refractivity contribution < 1.29 is 31.7 Å². The van der Waals surface area contributed by atoms with Gasteiger partial charge in [0, 0.05) is 11.6 Å². The Morgan fingerprint density at radius 1 is 0.968 bits per heavy atom. The molecule has 2 aromatic carbocycles. The van der Waals surface area contributed by atoms with Crippen molar-refractivity contribution >= 4 is 11.8 Å². The molecule has 31 heavy (non-hydrogen) atoms. The van der Waals surface area contributed by atoms with E-state index in [-0.39, 0.29) is 17.4 Å². The molecule has 0 bridgehead atoms. The fourth-order valence-corrected chi connectivity index (χ4v) is 2.93. The molecule has 0 fully saturated rings. The second-order valence-corrected chi connectivity index (χ2v) is 6.75. The van der Waals surface area contributed by atoms with Crippen molar-refractivity contribution in [3.63, 3.8) is 0 Å². The molecule has 9 heteroatoms. The van der Waals surface area contributed by atoms with Crippen molar-refractivity contribution in [1.29, 1.82) is 0 Å². The Morgan fingerprint density at radius 3 is 2.26 bits per heavy atom. The zero-order valence-corrected chi connectivity index (χ0v) is 16.3. The van der Waals surface area contributed by atoms with Crippen LogP contribution in [0.25, 0.3) is 11.1 Å². The summed E-state index contributed by atoms with van der Waals surface area (Å²) in [7, 11) is 0. The number of hydrogen-bond donors (Lipinski definition) is 2. The van der Waals surface area contributed by atoms with Gasteiger partial charge in [0.2, 0.25) is 5.82 Å². The Labute approximate surface area is 176 Å². The molecule has 0 saturated carbocycles. The van der Waals surface area contributed by atoms with Crippen molar-refractivity contribution in [2.45, 2.75) is 19.2 Å². The van der Waals surface area contributed by atoms with E-state index < -0.39 is 12.4 Å². The van der Waals surface area contributed by atoms with Gasteiger partial charge in [-0.25, -0.2) is 9.18 Å². The highest BCUT2D eigenvalue weighted by Crippen LogP contribution is 2.26. The third-order valence-electron chi connectivity index (χ3n) is 4.45. The quantitative estimate of drug-likeness (QED) is 0.342. The topological polar surface area (TPSA) is 68.2 Å².